The highest BCUT2D eigenvalue weighted by Gasteiger charge is 2.12. The van der Waals surface area contributed by atoms with Gasteiger partial charge in [0.2, 0.25) is 5.28 Å². The van der Waals surface area contributed by atoms with Crippen LogP contribution >= 0.6 is 11.6 Å². The molecule has 0 saturated heterocycles. The highest BCUT2D eigenvalue weighted by Crippen LogP contribution is 2.12. The minimum Gasteiger partial charge on any atom is -0.366 e. The fourth-order valence-corrected chi connectivity index (χ4v) is 1.96. The van der Waals surface area contributed by atoms with Gasteiger partial charge >= 0.3 is 0 Å². The van der Waals surface area contributed by atoms with Crippen LogP contribution in [0.4, 0.5) is 5.82 Å². The second-order valence-corrected chi connectivity index (χ2v) is 5.28. The zero-order valence-electron chi connectivity index (χ0n) is 10.9. The molecule has 1 aromatic rings. The first-order valence-corrected chi connectivity index (χ1v) is 6.25. The molecule has 0 spiro atoms. The van der Waals surface area contributed by atoms with E-state index in [2.05, 4.69) is 48.1 Å². The third-order valence-corrected chi connectivity index (χ3v) is 2.50. The van der Waals surface area contributed by atoms with Crippen molar-refractivity contribution in [3.63, 3.8) is 0 Å². The Kier molecular flexibility index (Phi) is 5.65. The van der Waals surface area contributed by atoms with E-state index in [4.69, 9.17) is 11.6 Å². The van der Waals surface area contributed by atoms with Crippen LogP contribution in [0.5, 0.6) is 0 Å². The molecule has 0 amide bonds. The van der Waals surface area contributed by atoms with Crippen LogP contribution in [0.15, 0.2) is 12.3 Å². The topological polar surface area (TPSA) is 41.0 Å². The average Bonchev–Trinajstić information content (AvgIpc) is 2.14. The Morgan fingerprint density at radius 3 is 2.65 bits per heavy atom. The van der Waals surface area contributed by atoms with Crippen LogP contribution in [0.3, 0.4) is 0 Å². The maximum atomic E-state index is 5.77. The van der Waals surface area contributed by atoms with Crippen LogP contribution < -0.4 is 5.32 Å². The van der Waals surface area contributed by atoms with Gasteiger partial charge in [-0.25, -0.2) is 9.97 Å². The van der Waals surface area contributed by atoms with Gasteiger partial charge in [0.05, 0.1) is 0 Å². The quantitative estimate of drug-likeness (QED) is 0.794. The minimum absolute atomic E-state index is 0.281. The van der Waals surface area contributed by atoms with E-state index >= 15 is 0 Å². The second-order valence-electron chi connectivity index (χ2n) is 4.94. The minimum atomic E-state index is 0.281. The van der Waals surface area contributed by atoms with Gasteiger partial charge in [0.25, 0.3) is 0 Å². The first-order valence-electron chi connectivity index (χ1n) is 5.87. The number of halogens is 1. The Labute approximate surface area is 108 Å². The number of hydrogen-bond acceptors (Lipinski definition) is 4. The van der Waals surface area contributed by atoms with Crippen LogP contribution in [0.25, 0.3) is 0 Å². The predicted molar refractivity (Wildman–Crippen MR) is 72.5 cm³/mol. The molecule has 1 atom stereocenters. The molecule has 0 fully saturated rings. The van der Waals surface area contributed by atoms with Crippen LogP contribution in [0.1, 0.15) is 20.3 Å². The Bertz CT molecular complexity index is 331. The summed E-state index contributed by atoms with van der Waals surface area (Å²) < 4.78 is 0. The number of anilines is 1. The SMILES string of the molecule is CC(C)CC(CN(C)C)Nc1ccnc(Cl)n1. The Morgan fingerprint density at radius 2 is 2.12 bits per heavy atom. The van der Waals surface area contributed by atoms with E-state index in [-0.39, 0.29) is 5.28 Å². The van der Waals surface area contributed by atoms with Crippen molar-refractivity contribution >= 4 is 17.4 Å². The van der Waals surface area contributed by atoms with Gasteiger partial charge in [0, 0.05) is 18.8 Å². The fraction of sp³-hybridized carbons (Fsp3) is 0.667. The average molecular weight is 257 g/mol. The predicted octanol–water partition coefficient (Wildman–Crippen LogP) is 2.52. The van der Waals surface area contributed by atoms with Crippen molar-refractivity contribution < 1.29 is 0 Å². The largest absolute Gasteiger partial charge is 0.366 e. The second kappa shape index (κ2) is 6.77. The molecule has 1 unspecified atom stereocenters. The summed E-state index contributed by atoms with van der Waals surface area (Å²) in [5, 5.41) is 3.69. The first-order chi connectivity index (χ1) is 7.97. The maximum Gasteiger partial charge on any atom is 0.224 e. The van der Waals surface area contributed by atoms with Crippen molar-refractivity contribution in [1.82, 2.24) is 14.9 Å². The highest BCUT2D eigenvalue weighted by atomic mass is 35.5. The zero-order valence-corrected chi connectivity index (χ0v) is 11.7. The van der Waals surface area contributed by atoms with Crippen LogP contribution in [0.2, 0.25) is 5.28 Å². The zero-order chi connectivity index (χ0) is 12.8. The number of rotatable bonds is 6. The molecule has 4 nitrogen and oxygen atoms in total. The summed E-state index contributed by atoms with van der Waals surface area (Å²) in [6.45, 7) is 5.41. The standard InChI is InChI=1S/C12H21ClN4/c1-9(2)7-10(8-17(3)4)15-11-5-6-14-12(13)16-11/h5-6,9-10H,7-8H2,1-4H3,(H,14,15,16). The van der Waals surface area contributed by atoms with Crippen LogP contribution in [-0.4, -0.2) is 41.5 Å². The van der Waals surface area contributed by atoms with Crippen molar-refractivity contribution in [1.29, 1.82) is 0 Å². The molecule has 17 heavy (non-hydrogen) atoms. The lowest BCUT2D eigenvalue weighted by Gasteiger charge is -2.24. The fourth-order valence-electron chi connectivity index (χ4n) is 1.81. The van der Waals surface area contributed by atoms with Gasteiger partial charge in [-0.1, -0.05) is 13.8 Å². The molecule has 0 aliphatic carbocycles. The molecule has 0 saturated carbocycles. The molecule has 1 rings (SSSR count). The summed E-state index contributed by atoms with van der Waals surface area (Å²) in [4.78, 5) is 10.2. The van der Waals surface area contributed by atoms with Gasteiger partial charge in [-0.05, 0) is 44.1 Å². The molecule has 96 valence electrons. The molecule has 1 aromatic heterocycles. The van der Waals surface area contributed by atoms with E-state index in [9.17, 15) is 0 Å². The van der Waals surface area contributed by atoms with Gasteiger partial charge in [0.1, 0.15) is 5.82 Å². The van der Waals surface area contributed by atoms with Gasteiger partial charge < -0.3 is 10.2 Å². The summed E-state index contributed by atoms with van der Waals surface area (Å²) in [5.74, 6) is 1.43. The van der Waals surface area contributed by atoms with Crippen molar-refractivity contribution in [3.05, 3.63) is 17.5 Å². The first kappa shape index (κ1) is 14.2. The van der Waals surface area contributed by atoms with Crippen molar-refractivity contribution in [3.8, 4) is 0 Å². The summed E-state index contributed by atoms with van der Waals surface area (Å²) in [7, 11) is 4.14. The highest BCUT2D eigenvalue weighted by molar-refractivity contribution is 6.28. The van der Waals surface area contributed by atoms with Crippen molar-refractivity contribution in [2.24, 2.45) is 5.92 Å². The molecule has 1 heterocycles. The lowest BCUT2D eigenvalue weighted by Crippen LogP contribution is -2.33. The van der Waals surface area contributed by atoms with Gasteiger partial charge in [-0.3, -0.25) is 0 Å². The van der Waals surface area contributed by atoms with Crippen molar-refractivity contribution in [2.45, 2.75) is 26.3 Å². The monoisotopic (exact) mass is 256 g/mol. The molecule has 0 aliphatic heterocycles. The number of aromatic nitrogens is 2. The lowest BCUT2D eigenvalue weighted by molar-refractivity contribution is 0.356. The Hall–Kier alpha value is -0.870. The normalized spacial score (nSPS) is 13.1. The summed E-state index contributed by atoms with van der Waals surface area (Å²) in [5.41, 5.74) is 0. The Balaban J connectivity index is 2.64. The van der Waals surface area contributed by atoms with Crippen molar-refractivity contribution in [2.75, 3.05) is 26.0 Å². The van der Waals surface area contributed by atoms with Crippen LogP contribution in [-0.2, 0) is 0 Å². The summed E-state index contributed by atoms with van der Waals surface area (Å²) in [6.07, 6.45) is 2.76. The smallest absolute Gasteiger partial charge is 0.224 e. The molecule has 1 N–H and O–H groups in total. The molecule has 5 heteroatoms. The van der Waals surface area contributed by atoms with E-state index in [0.29, 0.717) is 12.0 Å². The molecule has 0 radical (unpaired) electrons. The van der Waals surface area contributed by atoms with E-state index in [1.807, 2.05) is 6.07 Å². The van der Waals surface area contributed by atoms with Gasteiger partial charge in [-0.15, -0.1) is 0 Å². The number of likely N-dealkylation sites (N-methyl/N-ethyl adjacent to an activating group) is 1. The summed E-state index contributed by atoms with van der Waals surface area (Å²) in [6, 6.07) is 2.21. The third kappa shape index (κ3) is 5.84. The molecular weight excluding hydrogens is 236 g/mol. The van der Waals surface area contributed by atoms with Gasteiger partial charge in [0.15, 0.2) is 0 Å². The number of hydrogen-bond donors (Lipinski definition) is 1. The van der Waals surface area contributed by atoms with E-state index in [0.717, 1.165) is 18.8 Å². The molecule has 0 bridgehead atoms. The van der Waals surface area contributed by atoms with Crippen LogP contribution in [0, 0.1) is 5.92 Å². The third-order valence-electron chi connectivity index (χ3n) is 2.32. The molecule has 0 aromatic carbocycles. The number of nitrogens with zero attached hydrogens (tertiary/aromatic N) is 3. The molecule has 0 aliphatic rings. The van der Waals surface area contributed by atoms with E-state index < -0.39 is 0 Å². The number of nitrogens with one attached hydrogen (secondary N) is 1. The summed E-state index contributed by atoms with van der Waals surface area (Å²) >= 11 is 5.77. The van der Waals surface area contributed by atoms with E-state index in [1.54, 1.807) is 6.20 Å². The Morgan fingerprint density at radius 1 is 1.41 bits per heavy atom. The molecular formula is C12H21ClN4. The van der Waals surface area contributed by atoms with E-state index in [1.165, 1.54) is 0 Å². The maximum absolute atomic E-state index is 5.77. The van der Waals surface area contributed by atoms with Gasteiger partial charge in [-0.2, -0.15) is 0 Å². The lowest BCUT2D eigenvalue weighted by atomic mass is 10.0.